The number of piperidine rings is 1. The summed E-state index contributed by atoms with van der Waals surface area (Å²) >= 11 is 6.10. The molecule has 0 aromatic carbocycles. The molecule has 3 aromatic heterocycles. The summed E-state index contributed by atoms with van der Waals surface area (Å²) in [7, 11) is 0. The molecule has 0 spiro atoms. The molecule has 29 heavy (non-hydrogen) atoms. The Morgan fingerprint density at radius 2 is 2.28 bits per heavy atom. The van der Waals surface area contributed by atoms with Gasteiger partial charge in [0.2, 0.25) is 5.91 Å². The molecule has 1 amide bonds. The molecule has 3 aromatic rings. The normalized spacial score (nSPS) is 17.1. The number of hydrogen-bond acceptors (Lipinski definition) is 5. The van der Waals surface area contributed by atoms with Gasteiger partial charge in [0.25, 0.3) is 0 Å². The molecule has 1 atom stereocenters. The fraction of sp³-hybridized carbons (Fsp3) is 0.429. The molecule has 4 rings (SSSR count). The first-order valence-corrected chi connectivity index (χ1v) is 10.4. The Morgan fingerprint density at radius 1 is 1.41 bits per heavy atom. The molecular formula is C21H25ClN6O. The molecule has 0 bridgehead atoms. The van der Waals surface area contributed by atoms with Gasteiger partial charge in [-0.2, -0.15) is 0 Å². The molecule has 7 nitrogen and oxygen atoms in total. The van der Waals surface area contributed by atoms with Crippen molar-refractivity contribution in [1.82, 2.24) is 24.8 Å². The number of amides is 1. The van der Waals surface area contributed by atoms with Crippen LogP contribution in [0.4, 0.5) is 5.82 Å². The SMILES string of the molecule is CC(C)CC(=O)N1CCC[C@H](Nc2ccnc(-c3c[nH]c4ncc(Cl)cc34)n2)C1. The first-order valence-electron chi connectivity index (χ1n) is 10.00. The van der Waals surface area contributed by atoms with E-state index in [0.29, 0.717) is 29.7 Å². The lowest BCUT2D eigenvalue weighted by Gasteiger charge is -2.34. The molecule has 0 aliphatic carbocycles. The van der Waals surface area contributed by atoms with Crippen LogP contribution < -0.4 is 5.32 Å². The predicted octanol–water partition coefficient (Wildman–Crippen LogP) is 4.12. The molecule has 1 fully saturated rings. The van der Waals surface area contributed by atoms with Gasteiger partial charge in [-0.15, -0.1) is 0 Å². The Bertz CT molecular complexity index is 1020. The van der Waals surface area contributed by atoms with Crippen molar-refractivity contribution < 1.29 is 4.79 Å². The Balaban J connectivity index is 1.50. The summed E-state index contributed by atoms with van der Waals surface area (Å²) in [6.45, 7) is 5.69. The number of carbonyl (C=O) groups excluding carboxylic acids is 1. The van der Waals surface area contributed by atoms with E-state index in [9.17, 15) is 4.79 Å². The molecule has 1 aliphatic heterocycles. The van der Waals surface area contributed by atoms with E-state index in [4.69, 9.17) is 16.6 Å². The van der Waals surface area contributed by atoms with Gasteiger partial charge in [-0.1, -0.05) is 25.4 Å². The number of hydrogen-bond donors (Lipinski definition) is 2. The van der Waals surface area contributed by atoms with Crippen LogP contribution in [0.15, 0.2) is 30.7 Å². The number of aromatic nitrogens is 4. The van der Waals surface area contributed by atoms with E-state index in [2.05, 4.69) is 34.1 Å². The number of fused-ring (bicyclic) bond motifs is 1. The molecular weight excluding hydrogens is 388 g/mol. The summed E-state index contributed by atoms with van der Waals surface area (Å²) < 4.78 is 0. The summed E-state index contributed by atoms with van der Waals surface area (Å²) in [5.41, 5.74) is 1.61. The Kier molecular flexibility index (Phi) is 5.67. The van der Waals surface area contributed by atoms with Crippen LogP contribution in [0.1, 0.15) is 33.1 Å². The Hall–Kier alpha value is -2.67. The summed E-state index contributed by atoms with van der Waals surface area (Å²) in [4.78, 5) is 30.9. The van der Waals surface area contributed by atoms with Gasteiger partial charge in [0.15, 0.2) is 5.82 Å². The number of nitrogens with zero attached hydrogens (tertiary/aromatic N) is 4. The van der Waals surface area contributed by atoms with E-state index in [1.54, 1.807) is 12.4 Å². The van der Waals surface area contributed by atoms with Crippen molar-refractivity contribution in [2.24, 2.45) is 5.92 Å². The molecule has 8 heteroatoms. The third-order valence-electron chi connectivity index (χ3n) is 5.10. The summed E-state index contributed by atoms with van der Waals surface area (Å²) in [5.74, 6) is 1.97. The number of rotatable bonds is 5. The van der Waals surface area contributed by atoms with Crippen LogP contribution in [0.25, 0.3) is 22.4 Å². The maximum absolute atomic E-state index is 12.4. The highest BCUT2D eigenvalue weighted by molar-refractivity contribution is 6.31. The van der Waals surface area contributed by atoms with E-state index in [1.165, 1.54) is 0 Å². The maximum atomic E-state index is 12.4. The first-order chi connectivity index (χ1) is 14.0. The average Bonchev–Trinajstić information content (AvgIpc) is 3.11. The lowest BCUT2D eigenvalue weighted by Crippen LogP contribution is -2.45. The van der Waals surface area contributed by atoms with Gasteiger partial charge < -0.3 is 15.2 Å². The van der Waals surface area contributed by atoms with Gasteiger partial charge >= 0.3 is 0 Å². The van der Waals surface area contributed by atoms with Gasteiger partial charge in [-0.3, -0.25) is 4.79 Å². The molecule has 0 radical (unpaired) electrons. The van der Waals surface area contributed by atoms with Crippen molar-refractivity contribution in [3.05, 3.63) is 35.7 Å². The highest BCUT2D eigenvalue weighted by atomic mass is 35.5. The third kappa shape index (κ3) is 4.50. The molecule has 0 saturated carbocycles. The van der Waals surface area contributed by atoms with Gasteiger partial charge in [-0.05, 0) is 30.9 Å². The molecule has 1 aliphatic rings. The highest BCUT2D eigenvalue weighted by Gasteiger charge is 2.24. The molecule has 152 valence electrons. The Labute approximate surface area is 174 Å². The number of aromatic amines is 1. The van der Waals surface area contributed by atoms with E-state index >= 15 is 0 Å². The van der Waals surface area contributed by atoms with Crippen LogP contribution in [0, 0.1) is 5.92 Å². The van der Waals surface area contributed by atoms with Crippen LogP contribution in [0.5, 0.6) is 0 Å². The van der Waals surface area contributed by atoms with Crippen molar-refractivity contribution in [3.63, 3.8) is 0 Å². The van der Waals surface area contributed by atoms with Crippen molar-refractivity contribution in [2.75, 3.05) is 18.4 Å². The number of pyridine rings is 1. The van der Waals surface area contributed by atoms with Crippen molar-refractivity contribution in [1.29, 1.82) is 0 Å². The van der Waals surface area contributed by atoms with Crippen LogP contribution in [-0.4, -0.2) is 49.9 Å². The molecule has 0 unspecified atom stereocenters. The van der Waals surface area contributed by atoms with Gasteiger partial charge in [-0.25, -0.2) is 15.0 Å². The van der Waals surface area contributed by atoms with Crippen LogP contribution >= 0.6 is 11.6 Å². The number of carbonyl (C=O) groups is 1. The fourth-order valence-corrected chi connectivity index (χ4v) is 3.90. The third-order valence-corrected chi connectivity index (χ3v) is 5.31. The molecule has 2 N–H and O–H groups in total. The topological polar surface area (TPSA) is 86.8 Å². The summed E-state index contributed by atoms with van der Waals surface area (Å²) in [6, 6.07) is 3.90. The average molecular weight is 413 g/mol. The lowest BCUT2D eigenvalue weighted by molar-refractivity contribution is -0.133. The molecule has 1 saturated heterocycles. The van der Waals surface area contributed by atoms with E-state index < -0.39 is 0 Å². The first kappa shape index (κ1) is 19.6. The van der Waals surface area contributed by atoms with Crippen molar-refractivity contribution in [3.8, 4) is 11.4 Å². The Morgan fingerprint density at radius 3 is 3.10 bits per heavy atom. The minimum atomic E-state index is 0.182. The van der Waals surface area contributed by atoms with Gasteiger partial charge in [0.05, 0.1) is 5.02 Å². The van der Waals surface area contributed by atoms with Crippen LogP contribution in [-0.2, 0) is 4.79 Å². The predicted molar refractivity (Wildman–Crippen MR) is 115 cm³/mol. The second-order valence-corrected chi connectivity index (χ2v) is 8.38. The summed E-state index contributed by atoms with van der Waals surface area (Å²) in [5, 5.41) is 4.94. The zero-order valence-corrected chi connectivity index (χ0v) is 17.4. The number of H-pyrrole nitrogens is 1. The summed E-state index contributed by atoms with van der Waals surface area (Å²) in [6.07, 6.45) is 7.80. The second kappa shape index (κ2) is 8.37. The minimum Gasteiger partial charge on any atom is -0.365 e. The van der Waals surface area contributed by atoms with Gasteiger partial charge in [0, 0.05) is 55.1 Å². The zero-order valence-electron chi connectivity index (χ0n) is 16.7. The van der Waals surface area contributed by atoms with Crippen molar-refractivity contribution >= 4 is 34.4 Å². The quantitative estimate of drug-likeness (QED) is 0.658. The van der Waals surface area contributed by atoms with E-state index in [1.807, 2.05) is 23.2 Å². The number of anilines is 1. The largest absolute Gasteiger partial charge is 0.365 e. The monoisotopic (exact) mass is 412 g/mol. The van der Waals surface area contributed by atoms with E-state index in [0.717, 1.165) is 41.8 Å². The van der Waals surface area contributed by atoms with Gasteiger partial charge in [0.1, 0.15) is 11.5 Å². The lowest BCUT2D eigenvalue weighted by atomic mass is 10.0. The van der Waals surface area contributed by atoms with Crippen LogP contribution in [0.3, 0.4) is 0 Å². The van der Waals surface area contributed by atoms with Crippen LogP contribution in [0.2, 0.25) is 5.02 Å². The standard InChI is InChI=1S/C21H25ClN6O/c1-13(2)8-19(29)28-7-3-4-15(12-28)26-18-5-6-23-21(27-18)17-11-25-20-16(17)9-14(22)10-24-20/h5-6,9-11,13,15H,3-4,7-8,12H2,1-2H3,(H,24,25)(H,23,26,27)/t15-/m0/s1. The number of nitrogens with one attached hydrogen (secondary N) is 2. The van der Waals surface area contributed by atoms with E-state index in [-0.39, 0.29) is 11.9 Å². The second-order valence-electron chi connectivity index (χ2n) is 7.94. The zero-order chi connectivity index (χ0) is 20.4. The maximum Gasteiger partial charge on any atom is 0.222 e. The number of halogens is 1. The fourth-order valence-electron chi connectivity index (χ4n) is 3.74. The minimum absolute atomic E-state index is 0.182. The molecule has 4 heterocycles. The smallest absolute Gasteiger partial charge is 0.222 e. The van der Waals surface area contributed by atoms with Crippen molar-refractivity contribution in [2.45, 2.75) is 39.2 Å². The highest BCUT2D eigenvalue weighted by Crippen LogP contribution is 2.28. The number of likely N-dealkylation sites (tertiary alicyclic amines) is 1.